The van der Waals surface area contributed by atoms with E-state index in [2.05, 4.69) is 17.4 Å². The van der Waals surface area contributed by atoms with Gasteiger partial charge in [-0.2, -0.15) is 0 Å². The summed E-state index contributed by atoms with van der Waals surface area (Å²) in [7, 11) is 0. The summed E-state index contributed by atoms with van der Waals surface area (Å²) >= 11 is 11.9. The molecule has 1 amide bonds. The Kier molecular flexibility index (Phi) is 7.81. The van der Waals surface area contributed by atoms with Crippen molar-refractivity contribution in [2.75, 3.05) is 0 Å². The molecule has 0 spiro atoms. The first-order valence-electron chi connectivity index (χ1n) is 10.4. The lowest BCUT2D eigenvalue weighted by Gasteiger charge is -2.31. The van der Waals surface area contributed by atoms with E-state index in [-0.39, 0.29) is 28.6 Å². The molecule has 0 heterocycles. The summed E-state index contributed by atoms with van der Waals surface area (Å²) in [6.45, 7) is 5.26. The number of carbonyl (C=O) groups excluding carboxylic acids is 1. The highest BCUT2D eigenvalue weighted by Gasteiger charge is 2.33. The van der Waals surface area contributed by atoms with Crippen molar-refractivity contribution in [2.45, 2.75) is 44.8 Å². The molecule has 168 valence electrons. The van der Waals surface area contributed by atoms with E-state index in [0.29, 0.717) is 5.02 Å². The van der Waals surface area contributed by atoms with Crippen molar-refractivity contribution >= 4 is 29.1 Å². The van der Waals surface area contributed by atoms with E-state index >= 15 is 0 Å². The number of rotatable bonds is 8. The van der Waals surface area contributed by atoms with Gasteiger partial charge >= 0.3 is 0 Å². The molecule has 2 unspecified atom stereocenters. The molecule has 3 rings (SSSR count). The van der Waals surface area contributed by atoms with Crippen molar-refractivity contribution in [3.05, 3.63) is 99.8 Å². The Morgan fingerprint density at radius 3 is 2.28 bits per heavy atom. The van der Waals surface area contributed by atoms with Crippen molar-refractivity contribution in [3.8, 4) is 5.75 Å². The predicted octanol–water partition coefficient (Wildman–Crippen LogP) is 6.82. The molecule has 3 aromatic carbocycles. The van der Waals surface area contributed by atoms with Gasteiger partial charge in [-0.25, -0.2) is 4.39 Å². The van der Waals surface area contributed by atoms with E-state index in [1.165, 1.54) is 18.2 Å². The van der Waals surface area contributed by atoms with E-state index in [9.17, 15) is 9.18 Å². The third-order valence-electron chi connectivity index (χ3n) is 5.31. The first-order chi connectivity index (χ1) is 15.1. The number of amides is 1. The highest BCUT2D eigenvalue weighted by molar-refractivity contribution is 6.30. The van der Waals surface area contributed by atoms with Crippen LogP contribution in [0.2, 0.25) is 10.0 Å². The molecular weight excluding hydrogens is 448 g/mol. The zero-order valence-corrected chi connectivity index (χ0v) is 19.8. The molecular formula is C26H26Cl2FNO2. The van der Waals surface area contributed by atoms with Crippen LogP contribution in [-0.4, -0.2) is 17.6 Å². The molecule has 0 radical (unpaired) electrons. The summed E-state index contributed by atoms with van der Waals surface area (Å²) in [5.41, 5.74) is 1.01. The normalized spacial score (nSPS) is 13.3. The Morgan fingerprint density at radius 2 is 1.66 bits per heavy atom. The Hall–Kier alpha value is -2.56. The van der Waals surface area contributed by atoms with E-state index in [1.807, 2.05) is 49.4 Å². The number of hydrogen-bond donors (Lipinski definition) is 1. The van der Waals surface area contributed by atoms with Crippen LogP contribution in [0.15, 0.2) is 72.8 Å². The monoisotopic (exact) mass is 473 g/mol. The van der Waals surface area contributed by atoms with Crippen molar-refractivity contribution in [2.24, 2.45) is 0 Å². The smallest absolute Gasteiger partial charge is 0.263 e. The van der Waals surface area contributed by atoms with Crippen LogP contribution in [0.4, 0.5) is 4.39 Å². The Labute approximate surface area is 198 Å². The second kappa shape index (κ2) is 10.4. The second-order valence-corrected chi connectivity index (χ2v) is 9.20. The van der Waals surface area contributed by atoms with Crippen molar-refractivity contribution in [1.82, 2.24) is 5.32 Å². The minimum atomic E-state index is -1.23. The number of halogens is 3. The van der Waals surface area contributed by atoms with E-state index < -0.39 is 11.4 Å². The fraction of sp³-hybridized carbons (Fsp3) is 0.269. The fourth-order valence-corrected chi connectivity index (χ4v) is 3.91. The lowest BCUT2D eigenvalue weighted by Crippen LogP contribution is -2.51. The quantitative estimate of drug-likeness (QED) is 0.389. The molecule has 6 heteroatoms. The third kappa shape index (κ3) is 6.47. The van der Waals surface area contributed by atoms with Crippen LogP contribution in [0.3, 0.4) is 0 Å². The molecule has 0 saturated carbocycles. The second-order valence-electron chi connectivity index (χ2n) is 8.33. The van der Waals surface area contributed by atoms with Gasteiger partial charge < -0.3 is 10.1 Å². The van der Waals surface area contributed by atoms with Gasteiger partial charge in [0.1, 0.15) is 11.6 Å². The van der Waals surface area contributed by atoms with Crippen LogP contribution in [0.25, 0.3) is 0 Å². The minimum absolute atomic E-state index is 0.0285. The Morgan fingerprint density at radius 1 is 1.00 bits per heavy atom. The summed E-state index contributed by atoms with van der Waals surface area (Å²) in [6.07, 6.45) is 0.726. The lowest BCUT2D eigenvalue weighted by molar-refractivity contribution is -0.135. The van der Waals surface area contributed by atoms with Gasteiger partial charge in [-0.05, 0) is 62.6 Å². The van der Waals surface area contributed by atoms with Crippen molar-refractivity contribution in [1.29, 1.82) is 0 Å². The molecule has 0 fully saturated rings. The first-order valence-corrected chi connectivity index (χ1v) is 11.1. The number of benzene rings is 3. The van der Waals surface area contributed by atoms with E-state index in [0.717, 1.165) is 17.5 Å². The summed E-state index contributed by atoms with van der Waals surface area (Å²) < 4.78 is 19.5. The molecule has 0 aliphatic rings. The number of hydrogen-bond acceptors (Lipinski definition) is 2. The van der Waals surface area contributed by atoms with E-state index in [1.54, 1.807) is 13.8 Å². The summed E-state index contributed by atoms with van der Waals surface area (Å²) in [5, 5.41) is 3.97. The molecule has 0 aliphatic heterocycles. The SMILES string of the molecule is CC(NC(=O)C(C)(C)Oc1cc(F)cc(Cl)c1)C(Cc1ccc(Cl)cc1)c1ccccc1. The predicted molar refractivity (Wildman–Crippen MR) is 128 cm³/mol. The molecule has 0 aliphatic carbocycles. The van der Waals surface area contributed by atoms with Crippen LogP contribution >= 0.6 is 23.2 Å². The molecule has 0 bridgehead atoms. The molecule has 2 atom stereocenters. The first kappa shape index (κ1) is 24.1. The zero-order chi connectivity index (χ0) is 23.3. The average molecular weight is 474 g/mol. The van der Waals surface area contributed by atoms with Crippen LogP contribution in [0, 0.1) is 5.82 Å². The van der Waals surface area contributed by atoms with Crippen LogP contribution in [0.5, 0.6) is 5.75 Å². The molecule has 32 heavy (non-hydrogen) atoms. The Bertz CT molecular complexity index is 1030. The summed E-state index contributed by atoms with van der Waals surface area (Å²) in [5.74, 6) is -0.601. The molecule has 3 aromatic rings. The maximum absolute atomic E-state index is 13.7. The maximum atomic E-state index is 13.7. The lowest BCUT2D eigenvalue weighted by atomic mass is 9.86. The van der Waals surface area contributed by atoms with Crippen LogP contribution in [-0.2, 0) is 11.2 Å². The highest BCUT2D eigenvalue weighted by atomic mass is 35.5. The van der Waals surface area contributed by atoms with Gasteiger partial charge in [-0.1, -0.05) is 65.7 Å². The third-order valence-corrected chi connectivity index (χ3v) is 5.79. The Balaban J connectivity index is 1.77. The van der Waals surface area contributed by atoms with Gasteiger partial charge in [-0.15, -0.1) is 0 Å². The van der Waals surface area contributed by atoms with Crippen LogP contribution in [0.1, 0.15) is 37.8 Å². The van der Waals surface area contributed by atoms with Crippen LogP contribution < -0.4 is 10.1 Å². The largest absolute Gasteiger partial charge is 0.478 e. The standard InChI is InChI=1S/C26H26Cl2FNO2/c1-17(30-25(31)26(2,3)32-23-15-21(28)14-22(29)16-23)24(19-7-5-4-6-8-19)13-18-9-11-20(27)12-10-18/h4-12,14-17,24H,13H2,1-3H3,(H,30,31). The van der Waals surface area contributed by atoms with Crippen molar-refractivity contribution in [3.63, 3.8) is 0 Å². The zero-order valence-electron chi connectivity index (χ0n) is 18.2. The number of ether oxygens (including phenoxy) is 1. The van der Waals surface area contributed by atoms with Gasteiger partial charge in [0.05, 0.1) is 0 Å². The topological polar surface area (TPSA) is 38.3 Å². The molecule has 3 nitrogen and oxygen atoms in total. The minimum Gasteiger partial charge on any atom is -0.478 e. The average Bonchev–Trinajstić information content (AvgIpc) is 2.72. The molecule has 1 N–H and O–H groups in total. The molecule has 0 aromatic heterocycles. The van der Waals surface area contributed by atoms with Crippen molar-refractivity contribution < 1.29 is 13.9 Å². The summed E-state index contributed by atoms with van der Waals surface area (Å²) in [6, 6.07) is 21.4. The van der Waals surface area contributed by atoms with Gasteiger partial charge in [0.2, 0.25) is 0 Å². The van der Waals surface area contributed by atoms with Gasteiger partial charge in [0.15, 0.2) is 5.60 Å². The summed E-state index contributed by atoms with van der Waals surface area (Å²) in [4.78, 5) is 13.1. The molecule has 0 saturated heterocycles. The van der Waals surface area contributed by atoms with Gasteiger partial charge in [-0.3, -0.25) is 4.79 Å². The van der Waals surface area contributed by atoms with Gasteiger partial charge in [0.25, 0.3) is 5.91 Å². The van der Waals surface area contributed by atoms with Gasteiger partial charge in [0, 0.05) is 28.1 Å². The highest BCUT2D eigenvalue weighted by Crippen LogP contribution is 2.27. The fourth-order valence-electron chi connectivity index (χ4n) is 3.57. The van der Waals surface area contributed by atoms with E-state index in [4.69, 9.17) is 27.9 Å². The maximum Gasteiger partial charge on any atom is 0.263 e. The number of nitrogens with one attached hydrogen (secondary N) is 1. The number of carbonyl (C=O) groups is 1.